The van der Waals surface area contributed by atoms with E-state index in [1.807, 2.05) is 23.6 Å². The van der Waals surface area contributed by atoms with Crippen LogP contribution < -0.4 is 0 Å². The molecule has 0 aromatic rings. The molecule has 0 radical (unpaired) electrons. The Hall–Kier alpha value is -0.710. The van der Waals surface area contributed by atoms with E-state index in [9.17, 15) is 9.59 Å². The molecule has 2 rings (SSSR count). The lowest BCUT2D eigenvalue weighted by molar-refractivity contribution is -0.151. The van der Waals surface area contributed by atoms with E-state index in [0.29, 0.717) is 13.2 Å². The molecule has 0 aromatic heterocycles. The normalized spacial score (nSPS) is 28.2. The van der Waals surface area contributed by atoms with Crippen LogP contribution in [-0.4, -0.2) is 48.0 Å². The molecule has 2 aliphatic heterocycles. The molecular weight excluding hydrogens is 250 g/mol. The van der Waals surface area contributed by atoms with Gasteiger partial charge in [0.2, 0.25) is 5.91 Å². The summed E-state index contributed by atoms with van der Waals surface area (Å²) in [6.07, 6.45) is 2.75. The molecule has 2 fully saturated rings. The predicted octanol–water partition coefficient (Wildman–Crippen LogP) is 1.54. The second-order valence-electron chi connectivity index (χ2n) is 4.94. The number of thioether (sulfide) groups is 1. The molecular formula is C13H21NO3S. The van der Waals surface area contributed by atoms with Crippen molar-refractivity contribution in [2.45, 2.75) is 26.2 Å². The maximum atomic E-state index is 12.3. The minimum atomic E-state index is -0.143. The lowest BCUT2D eigenvalue weighted by Crippen LogP contribution is -2.45. The highest BCUT2D eigenvalue weighted by molar-refractivity contribution is 7.99. The summed E-state index contributed by atoms with van der Waals surface area (Å²) in [4.78, 5) is 25.9. The number of nitrogens with zero attached hydrogens (tertiary/aromatic N) is 1. The van der Waals surface area contributed by atoms with Crippen LogP contribution in [0.1, 0.15) is 26.2 Å². The fraction of sp³-hybridized carbons (Fsp3) is 0.846. The first-order valence-electron chi connectivity index (χ1n) is 6.75. The number of piperidine rings is 1. The lowest BCUT2D eigenvalue weighted by atomic mass is 9.96. The molecule has 1 amide bonds. The Bertz CT molecular complexity index is 315. The summed E-state index contributed by atoms with van der Waals surface area (Å²) < 4.78 is 5.05. The molecule has 4 nitrogen and oxygen atoms in total. The van der Waals surface area contributed by atoms with Crippen molar-refractivity contribution >= 4 is 23.6 Å². The van der Waals surface area contributed by atoms with Crippen molar-refractivity contribution in [2.24, 2.45) is 11.8 Å². The SMILES string of the molecule is CCOC(=O)[C@H]1CCCN(C(=O)C2CCSC2)C1. The van der Waals surface area contributed by atoms with Gasteiger partial charge in [0.25, 0.3) is 0 Å². The fourth-order valence-corrected chi connectivity index (χ4v) is 3.83. The van der Waals surface area contributed by atoms with E-state index < -0.39 is 0 Å². The summed E-state index contributed by atoms with van der Waals surface area (Å²) in [5.41, 5.74) is 0. The molecule has 2 heterocycles. The van der Waals surface area contributed by atoms with Gasteiger partial charge in [-0.2, -0.15) is 11.8 Å². The third-order valence-electron chi connectivity index (χ3n) is 3.63. The zero-order valence-electron chi connectivity index (χ0n) is 10.9. The van der Waals surface area contributed by atoms with Gasteiger partial charge in [-0.1, -0.05) is 0 Å². The maximum absolute atomic E-state index is 12.3. The maximum Gasteiger partial charge on any atom is 0.310 e. The van der Waals surface area contributed by atoms with E-state index in [4.69, 9.17) is 4.74 Å². The van der Waals surface area contributed by atoms with Gasteiger partial charge in [-0.15, -0.1) is 0 Å². The number of esters is 1. The van der Waals surface area contributed by atoms with Crippen molar-refractivity contribution in [3.8, 4) is 0 Å². The summed E-state index contributed by atoms with van der Waals surface area (Å²) in [6.45, 7) is 3.59. The fourth-order valence-electron chi connectivity index (χ4n) is 2.62. The molecule has 102 valence electrons. The molecule has 0 aromatic carbocycles. The van der Waals surface area contributed by atoms with Crippen molar-refractivity contribution in [3.63, 3.8) is 0 Å². The molecule has 2 saturated heterocycles. The third kappa shape index (κ3) is 3.19. The van der Waals surface area contributed by atoms with E-state index >= 15 is 0 Å². The number of carbonyl (C=O) groups excluding carboxylic acids is 2. The first-order valence-corrected chi connectivity index (χ1v) is 7.91. The van der Waals surface area contributed by atoms with Gasteiger partial charge in [-0.3, -0.25) is 9.59 Å². The minimum absolute atomic E-state index is 0.114. The van der Waals surface area contributed by atoms with E-state index in [0.717, 1.165) is 37.3 Å². The minimum Gasteiger partial charge on any atom is -0.466 e. The number of amides is 1. The molecule has 1 unspecified atom stereocenters. The first kappa shape index (κ1) is 13.7. The van der Waals surface area contributed by atoms with Crippen LogP contribution in [-0.2, 0) is 14.3 Å². The molecule has 0 saturated carbocycles. The lowest BCUT2D eigenvalue weighted by Gasteiger charge is -2.33. The molecule has 5 heteroatoms. The number of rotatable bonds is 3. The van der Waals surface area contributed by atoms with Crippen LogP contribution in [0.3, 0.4) is 0 Å². The number of ether oxygens (including phenoxy) is 1. The van der Waals surface area contributed by atoms with Crippen molar-refractivity contribution in [1.82, 2.24) is 4.90 Å². The third-order valence-corrected chi connectivity index (χ3v) is 4.79. The van der Waals surface area contributed by atoms with Crippen molar-refractivity contribution in [2.75, 3.05) is 31.2 Å². The van der Waals surface area contributed by atoms with E-state index in [1.54, 1.807) is 0 Å². The Morgan fingerprint density at radius 3 is 2.83 bits per heavy atom. The van der Waals surface area contributed by atoms with Crippen molar-refractivity contribution in [1.29, 1.82) is 0 Å². The van der Waals surface area contributed by atoms with Gasteiger partial charge in [-0.05, 0) is 31.9 Å². The van der Waals surface area contributed by atoms with Crippen molar-refractivity contribution in [3.05, 3.63) is 0 Å². The highest BCUT2D eigenvalue weighted by atomic mass is 32.2. The highest BCUT2D eigenvalue weighted by Gasteiger charge is 2.33. The van der Waals surface area contributed by atoms with Crippen LogP contribution in [0.15, 0.2) is 0 Å². The van der Waals surface area contributed by atoms with Crippen LogP contribution in [0.5, 0.6) is 0 Å². The summed E-state index contributed by atoms with van der Waals surface area (Å²) in [7, 11) is 0. The number of carbonyl (C=O) groups is 2. The van der Waals surface area contributed by atoms with E-state index in [2.05, 4.69) is 0 Å². The largest absolute Gasteiger partial charge is 0.466 e. The van der Waals surface area contributed by atoms with Crippen LogP contribution >= 0.6 is 11.8 Å². The number of hydrogen-bond donors (Lipinski definition) is 0. The van der Waals surface area contributed by atoms with Gasteiger partial charge in [0.05, 0.1) is 12.5 Å². The van der Waals surface area contributed by atoms with Crippen LogP contribution in [0, 0.1) is 11.8 Å². The Kier molecular flexibility index (Phi) is 4.92. The zero-order chi connectivity index (χ0) is 13.0. The van der Waals surface area contributed by atoms with Gasteiger partial charge in [0, 0.05) is 24.8 Å². The first-order chi connectivity index (χ1) is 8.72. The predicted molar refractivity (Wildman–Crippen MR) is 71.4 cm³/mol. The zero-order valence-corrected chi connectivity index (χ0v) is 11.7. The summed E-state index contributed by atoms with van der Waals surface area (Å²) >= 11 is 1.85. The number of hydrogen-bond acceptors (Lipinski definition) is 4. The summed E-state index contributed by atoms with van der Waals surface area (Å²) in [5.74, 6) is 2.20. The van der Waals surface area contributed by atoms with E-state index in [1.165, 1.54) is 0 Å². The van der Waals surface area contributed by atoms with Crippen LogP contribution in [0.25, 0.3) is 0 Å². The van der Waals surface area contributed by atoms with Gasteiger partial charge in [0.15, 0.2) is 0 Å². The van der Waals surface area contributed by atoms with Gasteiger partial charge in [-0.25, -0.2) is 0 Å². The van der Waals surface area contributed by atoms with Crippen molar-refractivity contribution < 1.29 is 14.3 Å². The van der Waals surface area contributed by atoms with Gasteiger partial charge in [0.1, 0.15) is 0 Å². The highest BCUT2D eigenvalue weighted by Crippen LogP contribution is 2.27. The topological polar surface area (TPSA) is 46.6 Å². The quantitative estimate of drug-likeness (QED) is 0.731. The second-order valence-corrected chi connectivity index (χ2v) is 6.09. The Morgan fingerprint density at radius 2 is 2.17 bits per heavy atom. The Balaban J connectivity index is 1.89. The summed E-state index contributed by atoms with van der Waals surface area (Å²) in [6, 6.07) is 0. The van der Waals surface area contributed by atoms with Gasteiger partial charge < -0.3 is 9.64 Å². The monoisotopic (exact) mass is 271 g/mol. The Morgan fingerprint density at radius 1 is 1.33 bits per heavy atom. The van der Waals surface area contributed by atoms with Crippen LogP contribution in [0.4, 0.5) is 0 Å². The molecule has 18 heavy (non-hydrogen) atoms. The number of likely N-dealkylation sites (tertiary alicyclic amines) is 1. The molecule has 0 spiro atoms. The van der Waals surface area contributed by atoms with Crippen LogP contribution in [0.2, 0.25) is 0 Å². The summed E-state index contributed by atoms with van der Waals surface area (Å²) in [5, 5.41) is 0. The second kappa shape index (κ2) is 6.45. The Labute approximate surface area is 112 Å². The smallest absolute Gasteiger partial charge is 0.310 e. The average molecular weight is 271 g/mol. The molecule has 0 aliphatic carbocycles. The van der Waals surface area contributed by atoms with E-state index in [-0.39, 0.29) is 23.7 Å². The molecule has 0 bridgehead atoms. The standard InChI is InChI=1S/C13H21NO3S/c1-2-17-13(16)10-4-3-6-14(8-10)12(15)11-5-7-18-9-11/h10-11H,2-9H2,1H3/t10-,11?/m0/s1. The average Bonchev–Trinajstić information content (AvgIpc) is 2.92. The molecule has 0 N–H and O–H groups in total. The molecule has 2 aliphatic rings. The molecule has 2 atom stereocenters. The van der Waals surface area contributed by atoms with Gasteiger partial charge >= 0.3 is 5.97 Å².